The van der Waals surface area contributed by atoms with Gasteiger partial charge in [0.05, 0.1) is 11.2 Å². The molecule has 0 fully saturated rings. The lowest BCUT2D eigenvalue weighted by molar-refractivity contribution is 1.06. The zero-order valence-corrected chi connectivity index (χ0v) is 11.2. The Kier molecular flexibility index (Phi) is 3.68. The van der Waals surface area contributed by atoms with Crippen LogP contribution in [0.4, 0.5) is 5.95 Å². The summed E-state index contributed by atoms with van der Waals surface area (Å²) in [6.07, 6.45) is 1.51. The molecule has 0 aliphatic carbocycles. The van der Waals surface area contributed by atoms with E-state index in [-0.39, 0.29) is 5.95 Å². The van der Waals surface area contributed by atoms with Crippen LogP contribution in [0.1, 0.15) is 0 Å². The summed E-state index contributed by atoms with van der Waals surface area (Å²) < 4.78 is 1.03. The van der Waals surface area contributed by atoms with Crippen LogP contribution in [0.15, 0.2) is 44.9 Å². The predicted molar refractivity (Wildman–Crippen MR) is 69.7 cm³/mol. The maximum Gasteiger partial charge on any atom is 0.221 e. The predicted octanol–water partition coefficient (Wildman–Crippen LogP) is 3.63. The maximum absolute atomic E-state index is 5.97. The first-order valence-electron chi connectivity index (χ1n) is 4.36. The molecule has 0 saturated carbocycles. The van der Waals surface area contributed by atoms with Crippen LogP contribution in [0.25, 0.3) is 0 Å². The monoisotopic (exact) mass is 315 g/mol. The smallest absolute Gasteiger partial charge is 0.221 e. The first kappa shape index (κ1) is 11.7. The molecule has 0 saturated heterocycles. The molecule has 2 aromatic rings. The summed E-state index contributed by atoms with van der Waals surface area (Å²) in [6.45, 7) is 0. The van der Waals surface area contributed by atoms with Gasteiger partial charge in [0.1, 0.15) is 5.03 Å². The van der Waals surface area contributed by atoms with E-state index in [2.05, 4.69) is 25.9 Å². The lowest BCUT2D eigenvalue weighted by atomic mass is 10.4. The quantitative estimate of drug-likeness (QED) is 0.860. The molecule has 1 heterocycles. The number of anilines is 1. The fourth-order valence-corrected chi connectivity index (χ4v) is 2.31. The zero-order valence-electron chi connectivity index (χ0n) is 8.02. The normalized spacial score (nSPS) is 10.4. The van der Waals surface area contributed by atoms with Crippen molar-refractivity contribution in [3.05, 3.63) is 40.0 Å². The topological polar surface area (TPSA) is 51.8 Å². The summed E-state index contributed by atoms with van der Waals surface area (Å²) in [5, 5.41) is 1.17. The van der Waals surface area contributed by atoms with Crippen molar-refractivity contribution in [3.8, 4) is 0 Å². The number of nitrogen functional groups attached to an aromatic ring is 1. The summed E-state index contributed by atoms with van der Waals surface area (Å²) in [6, 6.07) is 7.87. The second-order valence-corrected chi connectivity index (χ2v) is 5.32. The van der Waals surface area contributed by atoms with Crippen molar-refractivity contribution in [1.29, 1.82) is 0 Å². The van der Waals surface area contributed by atoms with Crippen LogP contribution < -0.4 is 5.73 Å². The van der Waals surface area contributed by atoms with Gasteiger partial charge in [-0.15, -0.1) is 0 Å². The van der Waals surface area contributed by atoms with E-state index < -0.39 is 0 Å². The molecule has 6 heteroatoms. The van der Waals surface area contributed by atoms with Crippen LogP contribution in [0.5, 0.6) is 0 Å². The summed E-state index contributed by atoms with van der Waals surface area (Å²) in [5.41, 5.74) is 5.50. The lowest BCUT2D eigenvalue weighted by Gasteiger charge is -2.03. The molecule has 3 nitrogen and oxygen atoms in total. The van der Waals surface area contributed by atoms with Crippen molar-refractivity contribution < 1.29 is 0 Å². The van der Waals surface area contributed by atoms with E-state index in [1.807, 2.05) is 24.3 Å². The van der Waals surface area contributed by atoms with Gasteiger partial charge < -0.3 is 5.73 Å². The fourth-order valence-electron chi connectivity index (χ4n) is 1.05. The summed E-state index contributed by atoms with van der Waals surface area (Å²) in [7, 11) is 0. The number of rotatable bonds is 2. The Balaban J connectivity index is 2.26. The third kappa shape index (κ3) is 2.87. The van der Waals surface area contributed by atoms with E-state index in [0.717, 1.165) is 9.37 Å². The second kappa shape index (κ2) is 5.03. The van der Waals surface area contributed by atoms with Gasteiger partial charge in [-0.25, -0.2) is 9.97 Å². The Labute approximate surface area is 111 Å². The minimum Gasteiger partial charge on any atom is -0.368 e. The van der Waals surface area contributed by atoms with Crippen LogP contribution in [-0.2, 0) is 0 Å². The highest BCUT2D eigenvalue weighted by atomic mass is 79.9. The summed E-state index contributed by atoms with van der Waals surface area (Å²) in [4.78, 5) is 8.93. The van der Waals surface area contributed by atoms with Gasteiger partial charge in [-0.05, 0) is 24.3 Å². The van der Waals surface area contributed by atoms with Crippen molar-refractivity contribution >= 4 is 45.2 Å². The number of benzene rings is 1. The third-order valence-corrected chi connectivity index (χ3v) is 3.69. The largest absolute Gasteiger partial charge is 0.368 e. The Morgan fingerprint density at radius 2 is 1.94 bits per heavy atom. The van der Waals surface area contributed by atoms with E-state index in [0.29, 0.717) is 10.0 Å². The fraction of sp³-hybridized carbons (Fsp3) is 0. The van der Waals surface area contributed by atoms with Crippen LogP contribution >= 0.6 is 39.3 Å². The molecule has 1 aromatic carbocycles. The van der Waals surface area contributed by atoms with Gasteiger partial charge in [0.15, 0.2) is 0 Å². The van der Waals surface area contributed by atoms with Crippen LogP contribution in [0.3, 0.4) is 0 Å². The SMILES string of the molecule is Nc1ncc(Cl)c(Sc2ccc(Br)cc2)n1. The Morgan fingerprint density at radius 1 is 1.25 bits per heavy atom. The molecule has 0 aliphatic rings. The van der Waals surface area contributed by atoms with E-state index in [9.17, 15) is 0 Å². The van der Waals surface area contributed by atoms with Gasteiger partial charge >= 0.3 is 0 Å². The van der Waals surface area contributed by atoms with Crippen molar-refractivity contribution in [1.82, 2.24) is 9.97 Å². The van der Waals surface area contributed by atoms with Crippen molar-refractivity contribution in [3.63, 3.8) is 0 Å². The molecule has 0 atom stereocenters. The van der Waals surface area contributed by atoms with Gasteiger partial charge in [0, 0.05) is 9.37 Å². The third-order valence-electron chi connectivity index (χ3n) is 1.76. The van der Waals surface area contributed by atoms with Gasteiger partial charge in [-0.3, -0.25) is 0 Å². The van der Waals surface area contributed by atoms with E-state index in [4.69, 9.17) is 17.3 Å². The molecule has 1 aromatic heterocycles. The summed E-state index contributed by atoms with van der Waals surface area (Å²) >= 11 is 10.8. The number of hydrogen-bond acceptors (Lipinski definition) is 4. The number of nitrogens with zero attached hydrogens (tertiary/aromatic N) is 2. The van der Waals surface area contributed by atoms with Gasteiger partial charge in [0.25, 0.3) is 0 Å². The Morgan fingerprint density at radius 3 is 2.62 bits per heavy atom. The molecule has 16 heavy (non-hydrogen) atoms. The average Bonchev–Trinajstić information content (AvgIpc) is 2.27. The Bertz CT molecular complexity index is 504. The zero-order chi connectivity index (χ0) is 11.5. The molecule has 2 N–H and O–H groups in total. The minimum absolute atomic E-state index is 0.226. The minimum atomic E-state index is 0.226. The standard InChI is InChI=1S/C10H7BrClN3S/c11-6-1-3-7(4-2-6)16-9-8(12)5-14-10(13)15-9/h1-5H,(H2,13,14,15). The number of aromatic nitrogens is 2. The second-order valence-electron chi connectivity index (χ2n) is 2.94. The summed E-state index contributed by atoms with van der Waals surface area (Å²) in [5.74, 6) is 0.226. The highest BCUT2D eigenvalue weighted by Gasteiger charge is 2.05. The molecule has 2 rings (SSSR count). The molecular formula is C10H7BrClN3S. The molecule has 0 radical (unpaired) electrons. The molecule has 82 valence electrons. The lowest BCUT2D eigenvalue weighted by Crippen LogP contribution is -1.95. The van der Waals surface area contributed by atoms with Crippen molar-refractivity contribution in [2.45, 2.75) is 9.92 Å². The van der Waals surface area contributed by atoms with Crippen molar-refractivity contribution in [2.75, 3.05) is 5.73 Å². The molecule has 0 amide bonds. The van der Waals surface area contributed by atoms with E-state index >= 15 is 0 Å². The first-order valence-corrected chi connectivity index (χ1v) is 6.35. The van der Waals surface area contributed by atoms with Crippen LogP contribution in [0.2, 0.25) is 5.02 Å². The highest BCUT2D eigenvalue weighted by Crippen LogP contribution is 2.31. The molecular weight excluding hydrogens is 310 g/mol. The van der Waals surface area contributed by atoms with Crippen molar-refractivity contribution in [2.24, 2.45) is 0 Å². The van der Waals surface area contributed by atoms with Crippen LogP contribution in [0, 0.1) is 0 Å². The highest BCUT2D eigenvalue weighted by molar-refractivity contribution is 9.10. The maximum atomic E-state index is 5.97. The molecule has 0 bridgehead atoms. The number of nitrogens with two attached hydrogens (primary N) is 1. The number of hydrogen-bond donors (Lipinski definition) is 1. The van der Waals surface area contributed by atoms with Gasteiger partial charge in [-0.1, -0.05) is 39.3 Å². The Hall–Kier alpha value is -0.780. The molecule has 0 unspecified atom stereocenters. The molecule has 0 spiro atoms. The van der Waals surface area contributed by atoms with Crippen LogP contribution in [-0.4, -0.2) is 9.97 Å². The van der Waals surface area contributed by atoms with E-state index in [1.165, 1.54) is 18.0 Å². The van der Waals surface area contributed by atoms with E-state index in [1.54, 1.807) is 0 Å². The van der Waals surface area contributed by atoms with Gasteiger partial charge in [-0.2, -0.15) is 0 Å². The first-order chi connectivity index (χ1) is 7.65. The van der Waals surface area contributed by atoms with Gasteiger partial charge in [0.2, 0.25) is 5.95 Å². The molecule has 0 aliphatic heterocycles. The number of halogens is 2. The average molecular weight is 317 g/mol.